The van der Waals surface area contributed by atoms with Gasteiger partial charge in [0.15, 0.2) is 6.10 Å². The van der Waals surface area contributed by atoms with Gasteiger partial charge in [-0.2, -0.15) is 5.10 Å². The second kappa shape index (κ2) is 5.64. The number of benzene rings is 2. The van der Waals surface area contributed by atoms with E-state index in [-0.39, 0.29) is 5.91 Å². The molecule has 0 aliphatic carbocycles. The molecule has 1 heterocycles. The summed E-state index contributed by atoms with van der Waals surface area (Å²) in [7, 11) is 0. The van der Waals surface area contributed by atoms with Gasteiger partial charge in [0.25, 0.3) is 5.91 Å². The van der Waals surface area contributed by atoms with Gasteiger partial charge in [0.05, 0.1) is 5.69 Å². The third-order valence-electron chi connectivity index (χ3n) is 3.60. The normalized spacial score (nSPS) is 12.3. The fourth-order valence-electron chi connectivity index (χ4n) is 2.52. The average molecular weight is 294 g/mol. The molecule has 112 valence electrons. The van der Waals surface area contributed by atoms with Gasteiger partial charge in [-0.1, -0.05) is 30.3 Å². The minimum atomic E-state index is -0.598. The van der Waals surface area contributed by atoms with Crippen LogP contribution < -0.4 is 4.74 Å². The van der Waals surface area contributed by atoms with Crippen molar-refractivity contribution >= 4 is 16.7 Å². The maximum absolute atomic E-state index is 12.4. The van der Waals surface area contributed by atoms with Gasteiger partial charge in [0.2, 0.25) is 0 Å². The van der Waals surface area contributed by atoms with Gasteiger partial charge >= 0.3 is 0 Å². The predicted octanol–water partition coefficient (Wildman–Crippen LogP) is 3.76. The lowest BCUT2D eigenvalue weighted by molar-refractivity contribution is 0.0707. The van der Waals surface area contributed by atoms with Gasteiger partial charge in [0.1, 0.15) is 5.75 Å². The van der Waals surface area contributed by atoms with E-state index < -0.39 is 6.10 Å². The highest BCUT2D eigenvalue weighted by atomic mass is 16.5. The Bertz CT molecular complexity index is 836. The second-order valence-corrected chi connectivity index (χ2v) is 5.45. The highest BCUT2D eigenvalue weighted by Gasteiger charge is 2.19. The summed E-state index contributed by atoms with van der Waals surface area (Å²) in [6.45, 7) is 5.47. The number of nitrogens with zero attached hydrogens (tertiary/aromatic N) is 2. The lowest BCUT2D eigenvalue weighted by atomic mass is 10.1. The monoisotopic (exact) mass is 294 g/mol. The van der Waals surface area contributed by atoms with Gasteiger partial charge in [-0.3, -0.25) is 4.79 Å². The lowest BCUT2D eigenvalue weighted by Crippen LogP contribution is -2.30. The molecule has 0 aliphatic heterocycles. The molecule has 0 aliphatic rings. The first-order valence-electron chi connectivity index (χ1n) is 7.27. The van der Waals surface area contributed by atoms with Crippen molar-refractivity contribution in [3.63, 3.8) is 0 Å². The zero-order valence-electron chi connectivity index (χ0n) is 12.9. The summed E-state index contributed by atoms with van der Waals surface area (Å²) < 4.78 is 7.20. The molecule has 2 aromatic carbocycles. The molecule has 4 heteroatoms. The second-order valence-electron chi connectivity index (χ2n) is 5.45. The first-order chi connectivity index (χ1) is 10.5. The molecule has 0 saturated carbocycles. The van der Waals surface area contributed by atoms with Crippen LogP contribution in [0.15, 0.2) is 48.5 Å². The van der Waals surface area contributed by atoms with Crippen LogP contribution in [0.25, 0.3) is 10.8 Å². The minimum absolute atomic E-state index is 0.168. The van der Waals surface area contributed by atoms with Crippen LogP contribution >= 0.6 is 0 Å². The van der Waals surface area contributed by atoms with Gasteiger partial charge in [0, 0.05) is 5.69 Å². The van der Waals surface area contributed by atoms with Gasteiger partial charge in [-0.25, -0.2) is 4.68 Å². The molecular formula is C18H18N2O2. The summed E-state index contributed by atoms with van der Waals surface area (Å²) in [5.74, 6) is 0.514. The van der Waals surface area contributed by atoms with Gasteiger partial charge in [-0.05, 0) is 49.7 Å². The topological polar surface area (TPSA) is 44.1 Å². The Morgan fingerprint density at radius 3 is 2.50 bits per heavy atom. The summed E-state index contributed by atoms with van der Waals surface area (Å²) in [5, 5.41) is 6.44. The van der Waals surface area contributed by atoms with E-state index in [1.54, 1.807) is 6.92 Å². The molecule has 0 saturated heterocycles. The zero-order chi connectivity index (χ0) is 15.7. The number of aromatic nitrogens is 2. The molecule has 3 aromatic rings. The van der Waals surface area contributed by atoms with Crippen molar-refractivity contribution in [2.24, 2.45) is 0 Å². The molecule has 1 aromatic heterocycles. The molecule has 1 unspecified atom stereocenters. The highest BCUT2D eigenvalue weighted by molar-refractivity contribution is 5.85. The number of hydrogen-bond acceptors (Lipinski definition) is 3. The van der Waals surface area contributed by atoms with Crippen LogP contribution in [0.3, 0.4) is 0 Å². The number of ether oxygens (including phenoxy) is 1. The third-order valence-corrected chi connectivity index (χ3v) is 3.60. The molecule has 1 atom stereocenters. The smallest absolute Gasteiger partial charge is 0.287 e. The first-order valence-corrected chi connectivity index (χ1v) is 7.27. The number of carbonyl (C=O) groups is 1. The quantitative estimate of drug-likeness (QED) is 0.738. The van der Waals surface area contributed by atoms with Crippen LogP contribution in [-0.4, -0.2) is 21.8 Å². The summed E-state index contributed by atoms with van der Waals surface area (Å²) >= 11 is 0. The molecular weight excluding hydrogens is 276 g/mol. The predicted molar refractivity (Wildman–Crippen MR) is 86.4 cm³/mol. The highest BCUT2D eigenvalue weighted by Crippen LogP contribution is 2.21. The SMILES string of the molecule is Cc1cc(C)n(C(=O)C(C)Oc2ccc3ccccc3c2)n1. The number of aryl methyl sites for hydroxylation is 2. The van der Waals surface area contributed by atoms with Crippen LogP contribution in [0.4, 0.5) is 0 Å². The Labute approximate surface area is 129 Å². The van der Waals surface area contributed by atoms with Crippen molar-refractivity contribution in [1.82, 2.24) is 9.78 Å². The molecule has 3 rings (SSSR count). The van der Waals surface area contributed by atoms with Crippen molar-refractivity contribution in [1.29, 1.82) is 0 Å². The summed E-state index contributed by atoms with van der Waals surface area (Å²) in [6, 6.07) is 15.7. The number of carbonyl (C=O) groups excluding carboxylic acids is 1. The molecule has 0 amide bonds. The van der Waals surface area contributed by atoms with Gasteiger partial charge < -0.3 is 4.74 Å². The molecule has 4 nitrogen and oxygen atoms in total. The van der Waals surface area contributed by atoms with E-state index in [1.807, 2.05) is 62.4 Å². The van der Waals surface area contributed by atoms with E-state index >= 15 is 0 Å². The molecule has 0 N–H and O–H groups in total. The van der Waals surface area contributed by atoms with Crippen molar-refractivity contribution in [3.05, 3.63) is 59.9 Å². The fraction of sp³-hybridized carbons (Fsp3) is 0.222. The van der Waals surface area contributed by atoms with Crippen molar-refractivity contribution < 1.29 is 9.53 Å². The lowest BCUT2D eigenvalue weighted by Gasteiger charge is -2.14. The van der Waals surface area contributed by atoms with Crippen molar-refractivity contribution in [2.45, 2.75) is 26.9 Å². The van der Waals surface area contributed by atoms with E-state index in [1.165, 1.54) is 4.68 Å². The largest absolute Gasteiger partial charge is 0.481 e. The maximum Gasteiger partial charge on any atom is 0.287 e. The number of rotatable bonds is 3. The van der Waals surface area contributed by atoms with Crippen molar-refractivity contribution in [2.75, 3.05) is 0 Å². The summed E-state index contributed by atoms with van der Waals surface area (Å²) in [5.41, 5.74) is 1.64. The van der Waals surface area contributed by atoms with Crippen LogP contribution in [0.1, 0.15) is 23.1 Å². The molecule has 0 radical (unpaired) electrons. The first kappa shape index (κ1) is 14.3. The Morgan fingerprint density at radius 1 is 1.09 bits per heavy atom. The Morgan fingerprint density at radius 2 is 1.82 bits per heavy atom. The number of hydrogen-bond donors (Lipinski definition) is 0. The Balaban J connectivity index is 1.81. The van der Waals surface area contributed by atoms with Crippen LogP contribution in [0, 0.1) is 13.8 Å². The summed E-state index contributed by atoms with van der Waals surface area (Å²) in [6.07, 6.45) is -0.598. The third kappa shape index (κ3) is 2.72. The standard InChI is InChI=1S/C18H18N2O2/c1-12-10-13(2)20(19-12)18(21)14(3)22-17-9-8-15-6-4-5-7-16(15)11-17/h4-11,14H,1-3H3. The van der Waals surface area contributed by atoms with Crippen LogP contribution in [0.2, 0.25) is 0 Å². The van der Waals surface area contributed by atoms with E-state index in [0.29, 0.717) is 5.75 Å². The molecule has 0 spiro atoms. The zero-order valence-corrected chi connectivity index (χ0v) is 12.9. The molecule has 22 heavy (non-hydrogen) atoms. The number of fused-ring (bicyclic) bond motifs is 1. The molecule has 0 bridgehead atoms. The summed E-state index contributed by atoms with van der Waals surface area (Å²) in [4.78, 5) is 12.4. The Hall–Kier alpha value is -2.62. The van der Waals surface area contributed by atoms with E-state index in [2.05, 4.69) is 5.10 Å². The molecule has 0 fully saturated rings. The van der Waals surface area contributed by atoms with Gasteiger partial charge in [-0.15, -0.1) is 0 Å². The van der Waals surface area contributed by atoms with Crippen LogP contribution in [0.5, 0.6) is 5.75 Å². The average Bonchev–Trinajstić information content (AvgIpc) is 2.85. The fourth-order valence-corrected chi connectivity index (χ4v) is 2.52. The van der Waals surface area contributed by atoms with E-state index in [4.69, 9.17) is 4.74 Å². The van der Waals surface area contributed by atoms with E-state index in [0.717, 1.165) is 22.2 Å². The van der Waals surface area contributed by atoms with E-state index in [9.17, 15) is 4.79 Å². The maximum atomic E-state index is 12.4. The van der Waals surface area contributed by atoms with Crippen molar-refractivity contribution in [3.8, 4) is 5.75 Å². The van der Waals surface area contributed by atoms with Crippen LogP contribution in [-0.2, 0) is 0 Å². The Kier molecular flexibility index (Phi) is 3.67. The minimum Gasteiger partial charge on any atom is -0.481 e.